The van der Waals surface area contributed by atoms with Gasteiger partial charge in [-0.1, -0.05) is 13.3 Å². The molecule has 0 saturated heterocycles. The molecule has 0 atom stereocenters. The molecule has 1 rings (SSSR count). The summed E-state index contributed by atoms with van der Waals surface area (Å²) in [6.07, 6.45) is 8.82. The van der Waals surface area contributed by atoms with Crippen LogP contribution in [-0.2, 0) is 13.6 Å². The Hall–Kier alpha value is -0.930. The summed E-state index contributed by atoms with van der Waals surface area (Å²) in [6, 6.07) is 0. The van der Waals surface area contributed by atoms with E-state index >= 15 is 0 Å². The van der Waals surface area contributed by atoms with E-state index < -0.39 is 0 Å². The summed E-state index contributed by atoms with van der Waals surface area (Å²) >= 11 is 0. The van der Waals surface area contributed by atoms with E-state index in [2.05, 4.69) is 34.8 Å². The van der Waals surface area contributed by atoms with Gasteiger partial charge in [-0.2, -0.15) is 0 Å². The molecular weight excluding hydrogens is 162 g/mol. The van der Waals surface area contributed by atoms with Gasteiger partial charge in [-0.3, -0.25) is 0 Å². The van der Waals surface area contributed by atoms with Crippen molar-refractivity contribution in [3.63, 3.8) is 0 Å². The molecule has 0 unspecified atom stereocenters. The summed E-state index contributed by atoms with van der Waals surface area (Å²) in [5.41, 5.74) is 0. The Morgan fingerprint density at radius 3 is 2.67 bits per heavy atom. The highest BCUT2D eigenvalue weighted by Gasteiger charge is 1.96. The number of imidazole rings is 1. The van der Waals surface area contributed by atoms with E-state index in [1.165, 1.54) is 12.8 Å². The lowest BCUT2D eigenvalue weighted by atomic mass is 10.3. The summed E-state index contributed by atoms with van der Waals surface area (Å²) in [7, 11) is 2.04. The first-order valence-electron chi connectivity index (χ1n) is 4.59. The van der Waals surface area contributed by atoms with Crippen LogP contribution < -0.4 is 4.57 Å². The number of aryl methyl sites for hydroxylation is 2. The Labute approximate surface area is 73.1 Å². The number of unbranched alkanes of at least 4 members (excludes halogenated alkanes) is 1. The molecule has 0 aliphatic heterocycles. The zero-order valence-electron chi connectivity index (χ0n) is 8.50. The quantitative estimate of drug-likeness (QED) is 0.623. The van der Waals surface area contributed by atoms with Crippen molar-refractivity contribution in [3.05, 3.63) is 18.7 Å². The topological polar surface area (TPSA) is 8.81 Å². The van der Waals surface area contributed by atoms with Crippen LogP contribution in [0.15, 0.2) is 18.7 Å². The Morgan fingerprint density at radius 2 is 2.25 bits per heavy atom. The smallest absolute Gasteiger partial charge is 0.243 e. The molecule has 4 heteroatoms. The molecule has 0 aromatic carbocycles. The van der Waals surface area contributed by atoms with Gasteiger partial charge in [0.2, 0.25) is 6.33 Å². The van der Waals surface area contributed by atoms with Gasteiger partial charge in [-0.05, 0) is 6.42 Å². The molecule has 0 aliphatic rings. The molecule has 0 fully saturated rings. The summed E-state index contributed by atoms with van der Waals surface area (Å²) in [5, 5.41) is 0. The van der Waals surface area contributed by atoms with E-state index in [-0.39, 0.29) is 1.48 Å². The van der Waals surface area contributed by atoms with Gasteiger partial charge in [0.1, 0.15) is 12.4 Å². The molecule has 0 aliphatic carbocycles. The summed E-state index contributed by atoms with van der Waals surface area (Å²) in [4.78, 5) is 0. The number of hydrogen-bond acceptors (Lipinski definition) is 0. The van der Waals surface area contributed by atoms with E-state index in [0.717, 1.165) is 6.54 Å². The number of halogens is 2. The summed E-state index contributed by atoms with van der Waals surface area (Å²) in [6.45, 7) is 3.36. The molecular formula is C8H16F2N2. The second-order valence-electron chi connectivity index (χ2n) is 2.67. The fourth-order valence-electron chi connectivity index (χ4n) is 0.975. The maximum Gasteiger partial charge on any atom is 0.243 e. The molecule has 1 aromatic rings. The Bertz CT molecular complexity index is 216. The Balaban J connectivity index is 0.000000424. The molecule has 0 bridgehead atoms. The van der Waals surface area contributed by atoms with E-state index in [0.29, 0.717) is 0 Å². The number of aromatic nitrogens is 2. The highest BCUT2D eigenvalue weighted by Crippen LogP contribution is 1.91. The first-order chi connectivity index (χ1) is 6.24. The lowest BCUT2D eigenvalue weighted by Crippen LogP contribution is -2.23. The predicted octanol–water partition coefficient (Wildman–Crippen LogP) is 1.69. The minimum atomic E-state index is -0.250. The average Bonchev–Trinajstić information content (AvgIpc) is 2.49. The van der Waals surface area contributed by atoms with Crippen molar-refractivity contribution in [2.45, 2.75) is 26.3 Å². The van der Waals surface area contributed by atoms with Crippen LogP contribution in [0.5, 0.6) is 0 Å². The van der Waals surface area contributed by atoms with Gasteiger partial charge < -0.3 is 9.44 Å². The molecule has 0 radical (unpaired) electrons. The van der Waals surface area contributed by atoms with Crippen LogP contribution in [-0.4, -0.2) is 6.04 Å². The molecule has 1 heterocycles. The maximum absolute atomic E-state index is 9.38. The fraction of sp³-hybridized carbons (Fsp3) is 0.625. The first kappa shape index (κ1) is 9.16. The third-order valence-electron chi connectivity index (χ3n) is 1.59. The van der Waals surface area contributed by atoms with Crippen LogP contribution in [0.4, 0.5) is 9.44 Å². The third kappa shape index (κ3) is 4.05. The lowest BCUT2D eigenvalue weighted by Gasteiger charge is -1.90. The van der Waals surface area contributed by atoms with Gasteiger partial charge in [0, 0.05) is 0 Å². The lowest BCUT2D eigenvalue weighted by molar-refractivity contribution is -0.671. The SMILES string of the molecule is CCCCn1cc[n+](C)c1.F[H-]F. The van der Waals surface area contributed by atoms with Crippen LogP contribution >= 0.6 is 0 Å². The van der Waals surface area contributed by atoms with Crippen molar-refractivity contribution in [2.75, 3.05) is 0 Å². The minimum Gasteiger partial charge on any atom is -0.590 e. The van der Waals surface area contributed by atoms with Crippen molar-refractivity contribution >= 4 is 0 Å². The van der Waals surface area contributed by atoms with E-state index in [1.807, 2.05) is 7.05 Å². The fourth-order valence-corrected chi connectivity index (χ4v) is 0.975. The van der Waals surface area contributed by atoms with Gasteiger partial charge >= 0.3 is 0 Å². The van der Waals surface area contributed by atoms with Gasteiger partial charge in [-0.15, -0.1) is 0 Å². The molecule has 0 saturated carbocycles. The predicted molar refractivity (Wildman–Crippen MR) is 44.1 cm³/mol. The molecule has 0 spiro atoms. The van der Waals surface area contributed by atoms with Crippen molar-refractivity contribution in [1.82, 2.24) is 4.57 Å². The van der Waals surface area contributed by atoms with Gasteiger partial charge in [-0.25, -0.2) is 9.13 Å². The second kappa shape index (κ2) is 6.76. The monoisotopic (exact) mass is 178 g/mol. The second-order valence-corrected chi connectivity index (χ2v) is 2.67. The summed E-state index contributed by atoms with van der Waals surface area (Å²) < 4.78 is 22.8. The number of nitrogens with zero attached hydrogens (tertiary/aromatic N) is 2. The van der Waals surface area contributed by atoms with Gasteiger partial charge in [0.05, 0.1) is 13.6 Å². The van der Waals surface area contributed by atoms with E-state index in [1.54, 1.807) is 0 Å². The molecule has 0 N–H and O–H groups in total. The van der Waals surface area contributed by atoms with Crippen molar-refractivity contribution in [3.8, 4) is 0 Å². The Morgan fingerprint density at radius 1 is 1.58 bits per heavy atom. The Kier molecular flexibility index (Phi) is 5.16. The zero-order valence-corrected chi connectivity index (χ0v) is 7.50. The maximum atomic E-state index is 9.38. The molecule has 0 amide bonds. The molecule has 1 aromatic heterocycles. The molecule has 2 nitrogen and oxygen atoms in total. The minimum absolute atomic E-state index is 0.250. The normalized spacial score (nSPS) is 9.33. The van der Waals surface area contributed by atoms with Crippen molar-refractivity contribution in [2.24, 2.45) is 7.05 Å². The first-order valence-corrected chi connectivity index (χ1v) is 3.84. The van der Waals surface area contributed by atoms with Gasteiger partial charge in [0.15, 0.2) is 1.48 Å². The molecule has 72 valence electrons. The zero-order chi connectivity index (χ0) is 10.1. The van der Waals surface area contributed by atoms with Crippen LogP contribution in [0.1, 0.15) is 19.8 Å². The van der Waals surface area contributed by atoms with Crippen LogP contribution in [0, 0.1) is 0 Å². The highest BCUT2D eigenvalue weighted by atomic mass is 19.0. The van der Waals surface area contributed by atoms with Crippen LogP contribution in [0.3, 0.4) is 0 Å². The van der Waals surface area contributed by atoms with Crippen molar-refractivity contribution < 1.29 is 14.0 Å². The van der Waals surface area contributed by atoms with Crippen LogP contribution in [0.25, 0.3) is 0 Å². The largest absolute Gasteiger partial charge is 0.590 e. The van der Waals surface area contributed by atoms with E-state index in [4.69, 9.17) is 0 Å². The number of rotatable bonds is 3. The average molecular weight is 178 g/mol. The van der Waals surface area contributed by atoms with Gasteiger partial charge in [0.25, 0.3) is 0 Å². The highest BCUT2D eigenvalue weighted by molar-refractivity contribution is 4.65. The van der Waals surface area contributed by atoms with Crippen LogP contribution in [0.2, 0.25) is 0 Å². The number of hydrogen-bond donors (Lipinski definition) is 0. The summed E-state index contributed by atoms with van der Waals surface area (Å²) in [5.74, 6) is 0. The molecule has 12 heavy (non-hydrogen) atoms. The third-order valence-corrected chi connectivity index (χ3v) is 1.59. The van der Waals surface area contributed by atoms with E-state index in [9.17, 15) is 9.44 Å². The standard InChI is InChI=1S/C8H15N2.F2H/c1-3-4-5-10-7-6-9(2)8-10;1-3-2/h6-8H,3-5H2,1-2H3;/q+1;-1. The van der Waals surface area contributed by atoms with Crippen molar-refractivity contribution in [1.29, 1.82) is 1.48 Å².